The van der Waals surface area contributed by atoms with Gasteiger partial charge in [-0.2, -0.15) is 17.7 Å². The van der Waals surface area contributed by atoms with Crippen LogP contribution in [0.3, 0.4) is 0 Å². The first-order chi connectivity index (χ1) is 20.2. The molecule has 0 unspecified atom stereocenters. The van der Waals surface area contributed by atoms with Crippen molar-refractivity contribution >= 4 is 34.8 Å². The predicted octanol–water partition coefficient (Wildman–Crippen LogP) is 7.75. The van der Waals surface area contributed by atoms with Crippen molar-refractivity contribution in [1.82, 2.24) is 14.5 Å². The zero-order valence-corrected chi connectivity index (χ0v) is 23.5. The van der Waals surface area contributed by atoms with Gasteiger partial charge in [-0.25, -0.2) is 14.3 Å². The number of nitrogens with zero attached hydrogens (tertiary/aromatic N) is 4. The Labute approximate surface area is 248 Å². The first-order valence-corrected chi connectivity index (χ1v) is 13.6. The van der Waals surface area contributed by atoms with Crippen molar-refractivity contribution in [3.63, 3.8) is 0 Å². The van der Waals surface area contributed by atoms with Crippen LogP contribution in [0.5, 0.6) is 5.88 Å². The van der Waals surface area contributed by atoms with Crippen LogP contribution in [0.4, 0.5) is 29.2 Å². The number of halogens is 6. The topological polar surface area (TPSA) is 55.9 Å². The Bertz CT molecular complexity index is 1800. The number of aromatic nitrogens is 4. The fraction of sp³-hybridized carbons (Fsp3) is 0.167. The first-order valence-electron chi connectivity index (χ1n) is 12.8. The zero-order chi connectivity index (χ0) is 29.6. The maximum atomic E-state index is 14.3. The lowest BCUT2D eigenvalue weighted by Crippen LogP contribution is -2.30. The normalized spacial score (nSPS) is 12.3. The second kappa shape index (κ2) is 10.9. The fourth-order valence-corrected chi connectivity index (χ4v) is 5.74. The number of fused-ring (bicyclic) bond motifs is 3. The van der Waals surface area contributed by atoms with Gasteiger partial charge in [-0.15, -0.1) is 0 Å². The van der Waals surface area contributed by atoms with Crippen molar-refractivity contribution in [3.05, 3.63) is 100 Å². The number of hydrogen-bond acceptors (Lipinski definition) is 4. The highest BCUT2D eigenvalue weighted by molar-refractivity contribution is 6.39. The summed E-state index contributed by atoms with van der Waals surface area (Å²) in [6.07, 6.45) is 1.52. The molecule has 0 spiro atoms. The van der Waals surface area contributed by atoms with Crippen LogP contribution < -0.4 is 14.6 Å². The molecule has 0 radical (unpaired) electrons. The molecule has 214 valence electrons. The monoisotopic (exact) mass is 614 g/mol. The lowest BCUT2D eigenvalue weighted by Gasteiger charge is -2.18. The molecule has 0 saturated carbocycles. The Kier molecular flexibility index (Phi) is 7.28. The third-order valence-electron chi connectivity index (χ3n) is 7.04. The first kappa shape index (κ1) is 28.0. The molecule has 1 aliphatic carbocycles. The summed E-state index contributed by atoms with van der Waals surface area (Å²) in [4.78, 5) is 8.20. The van der Waals surface area contributed by atoms with Crippen LogP contribution in [0, 0.1) is 0 Å². The van der Waals surface area contributed by atoms with E-state index in [2.05, 4.69) is 15.3 Å². The summed E-state index contributed by atoms with van der Waals surface area (Å²) in [5.41, 5.74) is 3.38. The van der Waals surface area contributed by atoms with Gasteiger partial charge in [-0.05, 0) is 34.9 Å². The molecule has 5 aromatic rings. The largest absolute Gasteiger partial charge is 0.463 e. The Hall–Kier alpha value is -4.15. The zero-order valence-electron chi connectivity index (χ0n) is 22.0. The van der Waals surface area contributed by atoms with Gasteiger partial charge in [0.1, 0.15) is 30.9 Å². The molecule has 6 nitrogen and oxygen atoms in total. The number of alkyl halides is 4. The Morgan fingerprint density at radius 1 is 1.00 bits per heavy atom. The highest BCUT2D eigenvalue weighted by atomic mass is 35.5. The van der Waals surface area contributed by atoms with E-state index in [1.54, 1.807) is 28.4 Å². The Balaban J connectivity index is 1.69. The van der Waals surface area contributed by atoms with Crippen LogP contribution in [-0.4, -0.2) is 27.8 Å². The van der Waals surface area contributed by atoms with E-state index in [1.807, 2.05) is 30.3 Å². The van der Waals surface area contributed by atoms with Crippen molar-refractivity contribution in [1.29, 1.82) is 0 Å². The van der Waals surface area contributed by atoms with Crippen LogP contribution in [0.25, 0.3) is 28.1 Å². The number of nitrogens with one attached hydrogen (secondary N) is 1. The van der Waals surface area contributed by atoms with Gasteiger partial charge >= 0.3 is 12.1 Å². The Morgan fingerprint density at radius 2 is 1.74 bits per heavy atom. The van der Waals surface area contributed by atoms with E-state index in [-0.39, 0.29) is 33.8 Å². The van der Waals surface area contributed by atoms with E-state index in [4.69, 9.17) is 27.9 Å². The molecule has 0 bridgehead atoms. The number of aryl methyl sites for hydroxylation is 1. The summed E-state index contributed by atoms with van der Waals surface area (Å²) >= 11 is 12.9. The highest BCUT2D eigenvalue weighted by Crippen LogP contribution is 2.47. The highest BCUT2D eigenvalue weighted by Gasteiger charge is 2.38. The summed E-state index contributed by atoms with van der Waals surface area (Å²) in [6, 6.07) is 13.5. The quantitative estimate of drug-likeness (QED) is 0.148. The average molecular weight is 615 g/mol. The predicted molar refractivity (Wildman–Crippen MR) is 152 cm³/mol. The molecule has 0 atom stereocenters. The molecule has 0 aliphatic heterocycles. The van der Waals surface area contributed by atoms with Crippen LogP contribution in [0.15, 0.2) is 73.3 Å². The van der Waals surface area contributed by atoms with Gasteiger partial charge in [0.15, 0.2) is 0 Å². The second-order valence-corrected chi connectivity index (χ2v) is 10.4. The van der Waals surface area contributed by atoms with E-state index in [9.17, 15) is 17.6 Å². The standard InChI is InChI=1S/C30H21Cl2F4N5O/c1-40-16-25(42-12-10-33)41(29(40)39-27-23(31)14-37-15-24(27)32)28-20(26-22(30(34,35)36)7-4-11-38-26)9-8-19-18-6-3-2-5-17(18)13-21(19)28/h2-9,11,14-16H,10,12-13H2,1H3/p+1. The molecule has 3 heterocycles. The van der Waals surface area contributed by atoms with E-state index in [1.165, 1.54) is 24.7 Å². The summed E-state index contributed by atoms with van der Waals surface area (Å²) in [5, 5.41) is 3.65. The minimum atomic E-state index is -4.67. The number of pyridine rings is 2. The number of ether oxygens (including phenoxy) is 1. The van der Waals surface area contributed by atoms with E-state index in [0.29, 0.717) is 23.7 Å². The molecular formula is C30H22Cl2F4N5O+. The van der Waals surface area contributed by atoms with Crippen LogP contribution in [-0.2, 0) is 19.6 Å². The van der Waals surface area contributed by atoms with Crippen LogP contribution in [0.1, 0.15) is 16.7 Å². The molecule has 0 fully saturated rings. The van der Waals surface area contributed by atoms with Crippen LogP contribution >= 0.6 is 23.2 Å². The number of rotatable bonds is 7. The van der Waals surface area contributed by atoms with Crippen molar-refractivity contribution in [2.24, 2.45) is 7.05 Å². The maximum Gasteiger partial charge on any atom is 0.418 e. The van der Waals surface area contributed by atoms with Crippen molar-refractivity contribution in [3.8, 4) is 34.0 Å². The average Bonchev–Trinajstić information content (AvgIpc) is 3.49. The molecule has 1 aliphatic rings. The van der Waals surface area contributed by atoms with Crippen molar-refractivity contribution < 1.29 is 26.9 Å². The van der Waals surface area contributed by atoms with E-state index >= 15 is 0 Å². The SMILES string of the molecule is C[n+]1cc(OCCF)n(-c2c(-c3ncccc3C(F)(F)F)ccc3c2Cc2ccccc2-3)c1Nc1c(Cl)cncc1Cl. The smallest absolute Gasteiger partial charge is 0.418 e. The number of imidazole rings is 1. The molecule has 12 heteroatoms. The summed E-state index contributed by atoms with van der Waals surface area (Å²) in [6.45, 7) is -1.05. The Morgan fingerprint density at radius 3 is 2.48 bits per heavy atom. The van der Waals surface area contributed by atoms with E-state index < -0.39 is 18.4 Å². The minimum absolute atomic E-state index is 0.189. The van der Waals surface area contributed by atoms with Gasteiger partial charge in [0, 0.05) is 36.1 Å². The molecule has 0 saturated heterocycles. The fourth-order valence-electron chi connectivity index (χ4n) is 5.28. The van der Waals surface area contributed by atoms with Gasteiger partial charge in [0.05, 0.1) is 28.4 Å². The van der Waals surface area contributed by atoms with E-state index in [0.717, 1.165) is 28.3 Å². The summed E-state index contributed by atoms with van der Waals surface area (Å²) in [5.74, 6) is 0.531. The summed E-state index contributed by atoms with van der Waals surface area (Å²) in [7, 11) is 1.71. The van der Waals surface area contributed by atoms with Crippen LogP contribution in [0.2, 0.25) is 10.0 Å². The van der Waals surface area contributed by atoms with Gasteiger partial charge in [-0.1, -0.05) is 53.5 Å². The number of anilines is 2. The molecule has 42 heavy (non-hydrogen) atoms. The molecule has 6 rings (SSSR count). The molecule has 1 N–H and O–H groups in total. The molecule has 3 aromatic heterocycles. The van der Waals surface area contributed by atoms with Crippen molar-refractivity contribution in [2.45, 2.75) is 12.6 Å². The van der Waals surface area contributed by atoms with Gasteiger partial charge in [0.25, 0.3) is 5.88 Å². The number of hydrogen-bond donors (Lipinski definition) is 1. The molecular weight excluding hydrogens is 593 g/mol. The minimum Gasteiger partial charge on any atom is -0.463 e. The third kappa shape index (κ3) is 4.84. The maximum absolute atomic E-state index is 14.3. The lowest BCUT2D eigenvalue weighted by molar-refractivity contribution is -0.656. The lowest BCUT2D eigenvalue weighted by atomic mass is 9.96. The number of benzene rings is 2. The van der Waals surface area contributed by atoms with Crippen molar-refractivity contribution in [2.75, 3.05) is 18.6 Å². The third-order valence-corrected chi connectivity index (χ3v) is 7.61. The molecule has 2 aromatic carbocycles. The van der Waals surface area contributed by atoms with Gasteiger partial charge in [0.2, 0.25) is 0 Å². The summed E-state index contributed by atoms with van der Waals surface area (Å²) < 4.78 is 65.4. The molecule has 0 amide bonds. The van der Waals surface area contributed by atoms with Gasteiger partial charge < -0.3 is 4.74 Å². The van der Waals surface area contributed by atoms with Gasteiger partial charge in [-0.3, -0.25) is 9.97 Å². The second-order valence-electron chi connectivity index (χ2n) is 9.60.